The van der Waals surface area contributed by atoms with Crippen molar-refractivity contribution in [1.29, 1.82) is 0 Å². The zero-order valence-electron chi connectivity index (χ0n) is 15.0. The molecule has 25 heavy (non-hydrogen) atoms. The molecule has 132 valence electrons. The van der Waals surface area contributed by atoms with Gasteiger partial charge in [0.15, 0.2) is 0 Å². The van der Waals surface area contributed by atoms with Crippen molar-refractivity contribution in [2.45, 2.75) is 26.2 Å². The maximum atomic E-state index is 12.8. The van der Waals surface area contributed by atoms with Gasteiger partial charge in [0.2, 0.25) is 5.91 Å². The van der Waals surface area contributed by atoms with Gasteiger partial charge in [-0.25, -0.2) is 4.79 Å². The average Bonchev–Trinajstić information content (AvgIpc) is 2.62. The Hall–Kier alpha value is -2.82. The van der Waals surface area contributed by atoms with Crippen LogP contribution in [0.3, 0.4) is 0 Å². The van der Waals surface area contributed by atoms with E-state index in [9.17, 15) is 9.59 Å². The number of ether oxygens (including phenoxy) is 2. The van der Waals surface area contributed by atoms with Crippen molar-refractivity contribution in [2.75, 3.05) is 19.0 Å². The number of nitrogens with one attached hydrogen (secondary N) is 1. The molecule has 2 aromatic rings. The molecule has 2 aromatic carbocycles. The number of methoxy groups -OCH3 is 1. The SMILES string of the molecule is CCOC(=O)c1cccc(NC(=O)C(C)(C)c2ccccc2OC)c1. The highest BCUT2D eigenvalue weighted by atomic mass is 16.5. The molecule has 0 bridgehead atoms. The number of hydrogen-bond donors (Lipinski definition) is 1. The quantitative estimate of drug-likeness (QED) is 0.812. The minimum absolute atomic E-state index is 0.196. The van der Waals surface area contributed by atoms with Crippen LogP contribution < -0.4 is 10.1 Å². The monoisotopic (exact) mass is 341 g/mol. The molecule has 0 aliphatic carbocycles. The fourth-order valence-electron chi connectivity index (χ4n) is 2.51. The highest BCUT2D eigenvalue weighted by molar-refractivity contribution is 6.00. The molecule has 5 heteroatoms. The lowest BCUT2D eigenvalue weighted by Crippen LogP contribution is -2.35. The molecular weight excluding hydrogens is 318 g/mol. The number of amides is 1. The Labute approximate surface area is 148 Å². The molecule has 0 aliphatic heterocycles. The van der Waals surface area contributed by atoms with Crippen LogP contribution in [0.1, 0.15) is 36.7 Å². The van der Waals surface area contributed by atoms with Crippen LogP contribution >= 0.6 is 0 Å². The summed E-state index contributed by atoms with van der Waals surface area (Å²) in [6.07, 6.45) is 0. The van der Waals surface area contributed by atoms with Crippen molar-refractivity contribution < 1.29 is 19.1 Å². The molecule has 0 aliphatic rings. The molecular formula is C20H23NO4. The van der Waals surface area contributed by atoms with Gasteiger partial charge in [-0.1, -0.05) is 24.3 Å². The maximum Gasteiger partial charge on any atom is 0.338 e. The molecule has 1 amide bonds. The first kappa shape index (κ1) is 18.5. The number of carbonyl (C=O) groups excluding carboxylic acids is 2. The zero-order valence-corrected chi connectivity index (χ0v) is 15.0. The lowest BCUT2D eigenvalue weighted by Gasteiger charge is -2.26. The number of hydrogen-bond acceptors (Lipinski definition) is 4. The summed E-state index contributed by atoms with van der Waals surface area (Å²) >= 11 is 0. The third-order valence-electron chi connectivity index (χ3n) is 3.98. The number of para-hydroxylation sites is 1. The van der Waals surface area contributed by atoms with Gasteiger partial charge in [-0.3, -0.25) is 4.79 Å². The van der Waals surface area contributed by atoms with Gasteiger partial charge in [0.05, 0.1) is 24.7 Å². The molecule has 0 atom stereocenters. The fourth-order valence-corrected chi connectivity index (χ4v) is 2.51. The first-order valence-electron chi connectivity index (χ1n) is 8.12. The normalized spacial score (nSPS) is 10.9. The summed E-state index contributed by atoms with van der Waals surface area (Å²) in [5, 5.41) is 2.87. The Morgan fingerprint density at radius 3 is 2.48 bits per heavy atom. The standard InChI is InChI=1S/C20H23NO4/c1-5-25-18(22)14-9-8-10-15(13-14)21-19(23)20(2,3)16-11-6-7-12-17(16)24-4/h6-13H,5H2,1-4H3,(H,21,23). The molecule has 0 aromatic heterocycles. The van der Waals surface area contributed by atoms with Gasteiger partial charge < -0.3 is 14.8 Å². The molecule has 0 unspecified atom stereocenters. The minimum Gasteiger partial charge on any atom is -0.496 e. The van der Waals surface area contributed by atoms with E-state index in [0.717, 1.165) is 5.56 Å². The van der Waals surface area contributed by atoms with E-state index in [1.54, 1.807) is 38.3 Å². The van der Waals surface area contributed by atoms with Crippen LogP contribution in [0.4, 0.5) is 5.69 Å². The van der Waals surface area contributed by atoms with Crippen molar-refractivity contribution in [1.82, 2.24) is 0 Å². The Bertz CT molecular complexity index is 768. The molecule has 0 spiro atoms. The molecule has 5 nitrogen and oxygen atoms in total. The second-order valence-electron chi connectivity index (χ2n) is 6.08. The van der Waals surface area contributed by atoms with Crippen molar-refractivity contribution >= 4 is 17.6 Å². The predicted molar refractivity (Wildman–Crippen MR) is 97.0 cm³/mol. The van der Waals surface area contributed by atoms with E-state index in [4.69, 9.17) is 9.47 Å². The fraction of sp³-hybridized carbons (Fsp3) is 0.300. The van der Waals surface area contributed by atoms with Gasteiger partial charge in [0.1, 0.15) is 5.75 Å². The summed E-state index contributed by atoms with van der Waals surface area (Å²) in [5.41, 5.74) is 0.914. The topological polar surface area (TPSA) is 64.6 Å². The smallest absolute Gasteiger partial charge is 0.338 e. The van der Waals surface area contributed by atoms with E-state index in [2.05, 4.69) is 5.32 Å². The van der Waals surface area contributed by atoms with E-state index in [1.165, 1.54) is 0 Å². The summed E-state index contributed by atoms with van der Waals surface area (Å²) in [5.74, 6) is 0.0449. The van der Waals surface area contributed by atoms with Crippen LogP contribution in [-0.2, 0) is 14.9 Å². The summed E-state index contributed by atoms with van der Waals surface area (Å²) < 4.78 is 10.4. The Morgan fingerprint density at radius 1 is 1.08 bits per heavy atom. The van der Waals surface area contributed by atoms with Gasteiger partial charge in [-0.2, -0.15) is 0 Å². The first-order valence-corrected chi connectivity index (χ1v) is 8.12. The highest BCUT2D eigenvalue weighted by Crippen LogP contribution is 2.32. The average molecular weight is 341 g/mol. The van der Waals surface area contributed by atoms with Crippen molar-refractivity contribution in [3.63, 3.8) is 0 Å². The molecule has 2 rings (SSSR count). The van der Waals surface area contributed by atoms with Gasteiger partial charge in [0.25, 0.3) is 0 Å². The van der Waals surface area contributed by atoms with Crippen molar-refractivity contribution in [3.8, 4) is 5.75 Å². The van der Waals surface area contributed by atoms with E-state index in [0.29, 0.717) is 23.6 Å². The predicted octanol–water partition coefficient (Wildman–Crippen LogP) is 3.79. The number of anilines is 1. The van der Waals surface area contributed by atoms with E-state index < -0.39 is 11.4 Å². The largest absolute Gasteiger partial charge is 0.496 e. The second-order valence-corrected chi connectivity index (χ2v) is 6.08. The van der Waals surface area contributed by atoms with Gasteiger partial charge in [-0.05, 0) is 45.0 Å². The molecule has 0 saturated heterocycles. The van der Waals surface area contributed by atoms with Crippen molar-refractivity contribution in [3.05, 3.63) is 59.7 Å². The number of rotatable bonds is 6. The molecule has 0 saturated carbocycles. The van der Waals surface area contributed by atoms with Gasteiger partial charge in [-0.15, -0.1) is 0 Å². The van der Waals surface area contributed by atoms with Crippen LogP contribution in [0.2, 0.25) is 0 Å². The number of carbonyl (C=O) groups is 2. The zero-order chi connectivity index (χ0) is 18.4. The summed E-state index contributed by atoms with van der Waals surface area (Å²) in [4.78, 5) is 24.7. The van der Waals surface area contributed by atoms with Crippen LogP contribution in [0, 0.1) is 0 Å². The second kappa shape index (κ2) is 7.83. The molecule has 0 heterocycles. The molecule has 0 fully saturated rings. The van der Waals surface area contributed by atoms with Gasteiger partial charge in [0, 0.05) is 11.3 Å². The molecule has 1 N–H and O–H groups in total. The van der Waals surface area contributed by atoms with Crippen LogP contribution in [0.25, 0.3) is 0 Å². The summed E-state index contributed by atoms with van der Waals surface area (Å²) in [6.45, 7) is 5.71. The third kappa shape index (κ3) is 4.18. The first-order chi connectivity index (χ1) is 11.9. The number of benzene rings is 2. The minimum atomic E-state index is -0.813. The van der Waals surface area contributed by atoms with Crippen LogP contribution in [0.5, 0.6) is 5.75 Å². The van der Waals surface area contributed by atoms with E-state index >= 15 is 0 Å². The van der Waals surface area contributed by atoms with Crippen LogP contribution in [-0.4, -0.2) is 25.6 Å². The van der Waals surface area contributed by atoms with E-state index in [1.807, 2.05) is 38.1 Å². The Balaban J connectivity index is 2.24. The highest BCUT2D eigenvalue weighted by Gasteiger charge is 2.32. The maximum absolute atomic E-state index is 12.8. The third-order valence-corrected chi connectivity index (χ3v) is 3.98. The van der Waals surface area contributed by atoms with Gasteiger partial charge >= 0.3 is 5.97 Å². The lowest BCUT2D eigenvalue weighted by atomic mass is 9.83. The Morgan fingerprint density at radius 2 is 1.80 bits per heavy atom. The van der Waals surface area contributed by atoms with E-state index in [-0.39, 0.29) is 5.91 Å². The molecule has 0 radical (unpaired) electrons. The van der Waals surface area contributed by atoms with Crippen molar-refractivity contribution in [2.24, 2.45) is 0 Å². The summed E-state index contributed by atoms with van der Waals surface area (Å²) in [7, 11) is 1.58. The number of esters is 1. The summed E-state index contributed by atoms with van der Waals surface area (Å²) in [6, 6.07) is 14.1. The Kier molecular flexibility index (Phi) is 5.80. The van der Waals surface area contributed by atoms with Crippen LogP contribution in [0.15, 0.2) is 48.5 Å². The lowest BCUT2D eigenvalue weighted by molar-refractivity contribution is -0.120.